The number of aliphatic imine (C=N–C) groups is 1. The van der Waals surface area contributed by atoms with Crippen molar-refractivity contribution >= 4 is 5.96 Å². The summed E-state index contributed by atoms with van der Waals surface area (Å²) in [6, 6.07) is 6.88. The lowest BCUT2D eigenvalue weighted by molar-refractivity contribution is 0.255. The van der Waals surface area contributed by atoms with E-state index < -0.39 is 0 Å². The van der Waals surface area contributed by atoms with E-state index in [1.807, 2.05) is 6.07 Å². The molecule has 0 spiro atoms. The van der Waals surface area contributed by atoms with Gasteiger partial charge in [-0.2, -0.15) is 0 Å². The SMILES string of the molecule is CCNC(=NCC(C)(C)c1cccc(F)c1)N1CCC(CN(CC)CC)C1. The Bertz CT molecular complexity index is 610. The maximum atomic E-state index is 13.6. The van der Waals surface area contributed by atoms with Gasteiger partial charge in [0.15, 0.2) is 5.96 Å². The Hall–Kier alpha value is -1.62. The van der Waals surface area contributed by atoms with Gasteiger partial charge in [0, 0.05) is 31.6 Å². The van der Waals surface area contributed by atoms with Crippen LogP contribution in [0, 0.1) is 11.7 Å². The quantitative estimate of drug-likeness (QED) is 0.554. The molecule has 1 fully saturated rings. The topological polar surface area (TPSA) is 30.9 Å². The van der Waals surface area contributed by atoms with Crippen molar-refractivity contribution in [1.29, 1.82) is 0 Å². The highest BCUT2D eigenvalue weighted by molar-refractivity contribution is 5.80. The summed E-state index contributed by atoms with van der Waals surface area (Å²) < 4.78 is 13.6. The van der Waals surface area contributed by atoms with Crippen molar-refractivity contribution in [2.75, 3.05) is 45.8 Å². The van der Waals surface area contributed by atoms with E-state index in [-0.39, 0.29) is 11.2 Å². The Morgan fingerprint density at radius 3 is 2.67 bits per heavy atom. The number of nitrogens with one attached hydrogen (secondary N) is 1. The van der Waals surface area contributed by atoms with E-state index >= 15 is 0 Å². The Labute approximate surface area is 164 Å². The molecule has 1 unspecified atom stereocenters. The van der Waals surface area contributed by atoms with Crippen LogP contribution in [0.25, 0.3) is 0 Å². The lowest BCUT2D eigenvalue weighted by Gasteiger charge is -2.27. The molecule has 27 heavy (non-hydrogen) atoms. The largest absolute Gasteiger partial charge is 0.357 e. The minimum Gasteiger partial charge on any atom is -0.357 e. The molecule has 0 aromatic heterocycles. The number of benzene rings is 1. The maximum Gasteiger partial charge on any atom is 0.193 e. The van der Waals surface area contributed by atoms with Crippen LogP contribution in [0.4, 0.5) is 4.39 Å². The zero-order valence-corrected chi connectivity index (χ0v) is 17.8. The normalized spacial score (nSPS) is 18.4. The second kappa shape index (κ2) is 10.1. The van der Waals surface area contributed by atoms with Crippen molar-refractivity contribution in [1.82, 2.24) is 15.1 Å². The van der Waals surface area contributed by atoms with Crippen LogP contribution in [0.5, 0.6) is 0 Å². The van der Waals surface area contributed by atoms with Crippen LogP contribution >= 0.6 is 0 Å². The van der Waals surface area contributed by atoms with Gasteiger partial charge in [0.05, 0.1) is 6.54 Å². The number of rotatable bonds is 8. The van der Waals surface area contributed by atoms with Crippen molar-refractivity contribution in [3.63, 3.8) is 0 Å². The third kappa shape index (κ3) is 6.20. The average Bonchev–Trinajstić information content (AvgIpc) is 3.11. The van der Waals surface area contributed by atoms with Gasteiger partial charge in [0.1, 0.15) is 5.82 Å². The number of hydrogen-bond acceptors (Lipinski definition) is 2. The molecule has 5 heteroatoms. The van der Waals surface area contributed by atoms with Gasteiger partial charge in [-0.05, 0) is 50.0 Å². The molecular formula is C22H37FN4. The molecule has 1 aliphatic rings. The first-order chi connectivity index (χ1) is 12.9. The first-order valence-electron chi connectivity index (χ1n) is 10.4. The van der Waals surface area contributed by atoms with E-state index in [2.05, 4.69) is 49.7 Å². The predicted octanol–water partition coefficient (Wildman–Crippen LogP) is 3.73. The summed E-state index contributed by atoms with van der Waals surface area (Å²) >= 11 is 0. The summed E-state index contributed by atoms with van der Waals surface area (Å²) in [5.74, 6) is 1.50. The molecule has 152 valence electrons. The Morgan fingerprint density at radius 1 is 1.30 bits per heavy atom. The van der Waals surface area contributed by atoms with Gasteiger partial charge in [-0.1, -0.05) is 39.8 Å². The van der Waals surface area contributed by atoms with Crippen LogP contribution in [0.15, 0.2) is 29.3 Å². The van der Waals surface area contributed by atoms with Crippen LogP contribution in [0.2, 0.25) is 0 Å². The summed E-state index contributed by atoms with van der Waals surface area (Å²) in [4.78, 5) is 9.82. The fraction of sp³-hybridized carbons (Fsp3) is 0.682. The Morgan fingerprint density at radius 2 is 2.04 bits per heavy atom. The highest BCUT2D eigenvalue weighted by atomic mass is 19.1. The van der Waals surface area contributed by atoms with Gasteiger partial charge in [-0.15, -0.1) is 0 Å². The molecule has 0 radical (unpaired) electrons. The standard InChI is InChI=1S/C22H37FN4/c1-6-24-21(27-13-12-18(16-27)15-26(7-2)8-3)25-17-22(4,5)19-10-9-11-20(23)14-19/h9-11,14,18H,6-8,12-13,15-17H2,1-5H3,(H,24,25). The molecule has 0 saturated carbocycles. The monoisotopic (exact) mass is 376 g/mol. The molecule has 1 saturated heterocycles. The minimum atomic E-state index is -0.205. The van der Waals surface area contributed by atoms with Crippen LogP contribution < -0.4 is 5.32 Å². The zero-order chi connectivity index (χ0) is 19.9. The number of likely N-dealkylation sites (tertiary alicyclic amines) is 1. The zero-order valence-electron chi connectivity index (χ0n) is 17.8. The van der Waals surface area contributed by atoms with E-state index in [0.29, 0.717) is 12.5 Å². The fourth-order valence-corrected chi connectivity index (χ4v) is 3.72. The summed E-state index contributed by atoms with van der Waals surface area (Å²) in [7, 11) is 0. The maximum absolute atomic E-state index is 13.6. The highest BCUT2D eigenvalue weighted by Gasteiger charge is 2.27. The van der Waals surface area contributed by atoms with E-state index in [4.69, 9.17) is 4.99 Å². The third-order valence-electron chi connectivity index (χ3n) is 5.56. The summed E-state index contributed by atoms with van der Waals surface area (Å²) in [5, 5.41) is 3.45. The van der Waals surface area contributed by atoms with E-state index in [1.54, 1.807) is 12.1 Å². The van der Waals surface area contributed by atoms with Gasteiger partial charge in [-0.3, -0.25) is 4.99 Å². The Balaban J connectivity index is 2.04. The molecular weight excluding hydrogens is 339 g/mol. The van der Waals surface area contributed by atoms with Gasteiger partial charge >= 0.3 is 0 Å². The molecule has 1 aromatic rings. The summed E-state index contributed by atoms with van der Waals surface area (Å²) in [6.45, 7) is 17.8. The minimum absolute atomic E-state index is 0.185. The lowest BCUT2D eigenvalue weighted by atomic mass is 9.85. The van der Waals surface area contributed by atoms with Gasteiger partial charge in [0.25, 0.3) is 0 Å². The molecule has 1 atom stereocenters. The van der Waals surface area contributed by atoms with Crippen molar-refractivity contribution in [2.45, 2.75) is 46.5 Å². The molecule has 1 aromatic carbocycles. The number of guanidine groups is 1. The summed E-state index contributed by atoms with van der Waals surface area (Å²) in [5.41, 5.74) is 0.784. The van der Waals surface area contributed by atoms with Gasteiger partial charge in [0.2, 0.25) is 0 Å². The van der Waals surface area contributed by atoms with Crippen molar-refractivity contribution < 1.29 is 4.39 Å². The number of hydrogen-bond donors (Lipinski definition) is 1. The molecule has 0 aliphatic carbocycles. The molecule has 1 N–H and O–H groups in total. The molecule has 2 rings (SSSR count). The molecule has 0 amide bonds. The third-order valence-corrected chi connectivity index (χ3v) is 5.56. The van der Waals surface area contributed by atoms with Crippen LogP contribution in [0.3, 0.4) is 0 Å². The second-order valence-electron chi connectivity index (χ2n) is 8.15. The average molecular weight is 377 g/mol. The van der Waals surface area contributed by atoms with E-state index in [0.717, 1.165) is 50.8 Å². The Kier molecular flexibility index (Phi) is 8.08. The smallest absolute Gasteiger partial charge is 0.193 e. The predicted molar refractivity (Wildman–Crippen MR) is 113 cm³/mol. The molecule has 4 nitrogen and oxygen atoms in total. The number of halogens is 1. The highest BCUT2D eigenvalue weighted by Crippen LogP contribution is 2.25. The van der Waals surface area contributed by atoms with Crippen molar-refractivity contribution in [3.8, 4) is 0 Å². The second-order valence-corrected chi connectivity index (χ2v) is 8.15. The first kappa shape index (κ1) is 21.7. The van der Waals surface area contributed by atoms with E-state index in [1.165, 1.54) is 12.5 Å². The van der Waals surface area contributed by atoms with Crippen molar-refractivity contribution in [2.24, 2.45) is 10.9 Å². The first-order valence-corrected chi connectivity index (χ1v) is 10.4. The van der Waals surface area contributed by atoms with E-state index in [9.17, 15) is 4.39 Å². The van der Waals surface area contributed by atoms with Crippen LogP contribution in [-0.4, -0.2) is 61.6 Å². The molecule has 1 heterocycles. The lowest BCUT2D eigenvalue weighted by Crippen LogP contribution is -2.41. The van der Waals surface area contributed by atoms with Crippen LogP contribution in [0.1, 0.15) is 46.6 Å². The van der Waals surface area contributed by atoms with Crippen molar-refractivity contribution in [3.05, 3.63) is 35.6 Å². The molecule has 0 bridgehead atoms. The van der Waals surface area contributed by atoms with Gasteiger partial charge in [-0.25, -0.2) is 4.39 Å². The summed E-state index contributed by atoms with van der Waals surface area (Å²) in [6.07, 6.45) is 1.22. The molecule has 1 aliphatic heterocycles. The van der Waals surface area contributed by atoms with Crippen LogP contribution in [-0.2, 0) is 5.41 Å². The van der Waals surface area contributed by atoms with Gasteiger partial charge < -0.3 is 15.1 Å². The number of nitrogens with zero attached hydrogens (tertiary/aromatic N) is 3. The fourth-order valence-electron chi connectivity index (χ4n) is 3.72.